The van der Waals surface area contributed by atoms with E-state index >= 15 is 0 Å². The van der Waals surface area contributed by atoms with Crippen molar-refractivity contribution in [3.05, 3.63) is 59.2 Å². The van der Waals surface area contributed by atoms with Crippen molar-refractivity contribution in [1.82, 2.24) is 0 Å². The van der Waals surface area contributed by atoms with E-state index in [2.05, 4.69) is 75.2 Å². The Bertz CT molecular complexity index is 604. The summed E-state index contributed by atoms with van der Waals surface area (Å²) in [6, 6.07) is 15.4. The fourth-order valence-electron chi connectivity index (χ4n) is 2.74. The van der Waals surface area contributed by atoms with Crippen LogP contribution in [0, 0.1) is 13.8 Å². The van der Waals surface area contributed by atoms with E-state index in [9.17, 15) is 0 Å². The van der Waals surface area contributed by atoms with E-state index in [1.807, 2.05) is 0 Å². The zero-order valence-electron chi connectivity index (χ0n) is 13.6. The quantitative estimate of drug-likeness (QED) is 0.883. The molecule has 2 rings (SSSR count). The highest BCUT2D eigenvalue weighted by molar-refractivity contribution is 5.68. The Morgan fingerprint density at radius 3 is 2.29 bits per heavy atom. The smallest absolute Gasteiger partial charge is 0.0438 e. The molecule has 0 bridgehead atoms. The standard InChI is InChI=1S/C19H26N2/c1-5-17(20)13-16-10-11-19(15(3)12-16)21(4)18-9-7-6-8-14(18)2/h6-12,17H,5,13,20H2,1-4H3. The second kappa shape index (κ2) is 6.77. The fourth-order valence-corrected chi connectivity index (χ4v) is 2.74. The predicted octanol–water partition coefficient (Wildman–Crippen LogP) is 4.35. The van der Waals surface area contributed by atoms with Crippen molar-refractivity contribution in [1.29, 1.82) is 0 Å². The van der Waals surface area contributed by atoms with Crippen molar-refractivity contribution in [2.45, 2.75) is 39.7 Å². The van der Waals surface area contributed by atoms with Gasteiger partial charge in [-0.25, -0.2) is 0 Å². The van der Waals surface area contributed by atoms with Crippen LogP contribution in [0.25, 0.3) is 0 Å². The molecule has 112 valence electrons. The summed E-state index contributed by atoms with van der Waals surface area (Å²) in [6.07, 6.45) is 1.97. The Labute approximate surface area is 128 Å². The summed E-state index contributed by atoms with van der Waals surface area (Å²) in [7, 11) is 2.13. The molecule has 2 nitrogen and oxygen atoms in total. The average molecular weight is 282 g/mol. The van der Waals surface area contributed by atoms with Gasteiger partial charge in [-0.2, -0.15) is 0 Å². The van der Waals surface area contributed by atoms with Crippen LogP contribution in [-0.4, -0.2) is 13.1 Å². The van der Waals surface area contributed by atoms with Crippen molar-refractivity contribution >= 4 is 11.4 Å². The highest BCUT2D eigenvalue weighted by Gasteiger charge is 2.10. The van der Waals surface area contributed by atoms with Gasteiger partial charge in [0.2, 0.25) is 0 Å². The maximum atomic E-state index is 6.05. The molecule has 1 unspecified atom stereocenters. The lowest BCUT2D eigenvalue weighted by Gasteiger charge is -2.24. The zero-order valence-corrected chi connectivity index (χ0v) is 13.6. The number of para-hydroxylation sites is 1. The number of benzene rings is 2. The summed E-state index contributed by atoms with van der Waals surface area (Å²) in [6.45, 7) is 6.46. The van der Waals surface area contributed by atoms with Crippen LogP contribution in [0.15, 0.2) is 42.5 Å². The lowest BCUT2D eigenvalue weighted by atomic mass is 10.0. The van der Waals surface area contributed by atoms with Crippen molar-refractivity contribution in [3.8, 4) is 0 Å². The molecule has 1 atom stereocenters. The van der Waals surface area contributed by atoms with Gasteiger partial charge < -0.3 is 10.6 Å². The average Bonchev–Trinajstić information content (AvgIpc) is 2.47. The Kier molecular flexibility index (Phi) is 5.03. The summed E-state index contributed by atoms with van der Waals surface area (Å²) >= 11 is 0. The van der Waals surface area contributed by atoms with E-state index in [4.69, 9.17) is 5.73 Å². The lowest BCUT2D eigenvalue weighted by Crippen LogP contribution is -2.21. The van der Waals surface area contributed by atoms with Crippen molar-refractivity contribution in [3.63, 3.8) is 0 Å². The van der Waals surface area contributed by atoms with Crippen LogP contribution in [0.4, 0.5) is 11.4 Å². The van der Waals surface area contributed by atoms with E-state index in [1.54, 1.807) is 0 Å². The monoisotopic (exact) mass is 282 g/mol. The molecule has 0 heterocycles. The van der Waals surface area contributed by atoms with Crippen LogP contribution in [0.1, 0.15) is 30.0 Å². The Hall–Kier alpha value is -1.80. The number of aryl methyl sites for hydroxylation is 2. The van der Waals surface area contributed by atoms with Gasteiger partial charge in [0.15, 0.2) is 0 Å². The number of nitrogens with two attached hydrogens (primary N) is 1. The van der Waals surface area contributed by atoms with E-state index in [0.717, 1.165) is 12.8 Å². The highest BCUT2D eigenvalue weighted by atomic mass is 15.1. The molecule has 0 aromatic heterocycles. The van der Waals surface area contributed by atoms with Gasteiger partial charge >= 0.3 is 0 Å². The first kappa shape index (κ1) is 15.6. The summed E-state index contributed by atoms with van der Waals surface area (Å²) in [5.74, 6) is 0. The SMILES string of the molecule is CCC(N)Cc1ccc(N(C)c2ccccc2C)c(C)c1. The first-order chi connectivity index (χ1) is 10.0. The molecule has 0 aliphatic carbocycles. The maximum Gasteiger partial charge on any atom is 0.0438 e. The van der Waals surface area contributed by atoms with Crippen molar-refractivity contribution in [2.75, 3.05) is 11.9 Å². The third-order valence-electron chi connectivity index (χ3n) is 4.12. The van der Waals surface area contributed by atoms with Gasteiger partial charge in [0.25, 0.3) is 0 Å². The maximum absolute atomic E-state index is 6.05. The minimum Gasteiger partial charge on any atom is -0.344 e. The molecular formula is C19H26N2. The molecule has 0 aliphatic rings. The zero-order chi connectivity index (χ0) is 15.4. The van der Waals surface area contributed by atoms with E-state index < -0.39 is 0 Å². The largest absolute Gasteiger partial charge is 0.344 e. The number of rotatable bonds is 5. The number of anilines is 2. The van der Waals surface area contributed by atoms with Gasteiger partial charge in [0.05, 0.1) is 0 Å². The molecule has 0 amide bonds. The first-order valence-corrected chi connectivity index (χ1v) is 7.67. The first-order valence-electron chi connectivity index (χ1n) is 7.67. The molecular weight excluding hydrogens is 256 g/mol. The number of hydrogen-bond donors (Lipinski definition) is 1. The molecule has 2 aromatic rings. The van der Waals surface area contributed by atoms with E-state index in [0.29, 0.717) is 0 Å². The van der Waals surface area contributed by atoms with Crippen LogP contribution in [0.2, 0.25) is 0 Å². The Morgan fingerprint density at radius 1 is 1.00 bits per heavy atom. The highest BCUT2D eigenvalue weighted by Crippen LogP contribution is 2.29. The fraction of sp³-hybridized carbons (Fsp3) is 0.368. The molecule has 0 saturated carbocycles. The topological polar surface area (TPSA) is 29.3 Å². The van der Waals surface area contributed by atoms with Gasteiger partial charge in [-0.05, 0) is 55.5 Å². The predicted molar refractivity (Wildman–Crippen MR) is 92.4 cm³/mol. The molecule has 2 N–H and O–H groups in total. The second-order valence-corrected chi connectivity index (χ2v) is 5.84. The molecule has 0 spiro atoms. The van der Waals surface area contributed by atoms with Crippen LogP contribution in [0.3, 0.4) is 0 Å². The van der Waals surface area contributed by atoms with Crippen LogP contribution in [-0.2, 0) is 6.42 Å². The van der Waals surface area contributed by atoms with Crippen molar-refractivity contribution in [2.24, 2.45) is 5.73 Å². The Morgan fingerprint density at radius 2 is 1.67 bits per heavy atom. The van der Waals surface area contributed by atoms with Crippen LogP contribution >= 0.6 is 0 Å². The van der Waals surface area contributed by atoms with E-state index in [-0.39, 0.29) is 6.04 Å². The molecule has 0 radical (unpaired) electrons. The third kappa shape index (κ3) is 3.64. The van der Waals surface area contributed by atoms with Gasteiger partial charge in [0, 0.05) is 24.5 Å². The molecule has 0 fully saturated rings. The van der Waals surface area contributed by atoms with Gasteiger partial charge in [-0.15, -0.1) is 0 Å². The van der Waals surface area contributed by atoms with E-state index in [1.165, 1.54) is 28.1 Å². The molecule has 0 aliphatic heterocycles. The van der Waals surface area contributed by atoms with Gasteiger partial charge in [-0.1, -0.05) is 37.3 Å². The van der Waals surface area contributed by atoms with Crippen LogP contribution < -0.4 is 10.6 Å². The van der Waals surface area contributed by atoms with Crippen LogP contribution in [0.5, 0.6) is 0 Å². The second-order valence-electron chi connectivity index (χ2n) is 5.84. The molecule has 21 heavy (non-hydrogen) atoms. The Balaban J connectivity index is 2.27. The normalized spacial score (nSPS) is 12.2. The summed E-state index contributed by atoms with van der Waals surface area (Å²) in [5, 5.41) is 0. The molecule has 0 saturated heterocycles. The summed E-state index contributed by atoms with van der Waals surface area (Å²) < 4.78 is 0. The number of nitrogens with zero attached hydrogens (tertiary/aromatic N) is 1. The molecule has 2 aromatic carbocycles. The summed E-state index contributed by atoms with van der Waals surface area (Å²) in [5.41, 5.74) is 12.5. The van der Waals surface area contributed by atoms with Gasteiger partial charge in [0.1, 0.15) is 0 Å². The molecule has 2 heteroatoms. The minimum absolute atomic E-state index is 0.254. The minimum atomic E-state index is 0.254. The lowest BCUT2D eigenvalue weighted by molar-refractivity contribution is 0.646. The van der Waals surface area contributed by atoms with Gasteiger partial charge in [-0.3, -0.25) is 0 Å². The summed E-state index contributed by atoms with van der Waals surface area (Å²) in [4.78, 5) is 2.26. The third-order valence-corrected chi connectivity index (χ3v) is 4.12. The number of hydrogen-bond acceptors (Lipinski definition) is 2. The van der Waals surface area contributed by atoms with Crippen molar-refractivity contribution < 1.29 is 0 Å².